The molecule has 0 aromatic rings. The summed E-state index contributed by atoms with van der Waals surface area (Å²) >= 11 is 0. The van der Waals surface area contributed by atoms with Crippen LogP contribution < -0.4 is 5.32 Å². The molecule has 0 aromatic carbocycles. The van der Waals surface area contributed by atoms with Gasteiger partial charge in [0.25, 0.3) is 0 Å². The molecule has 1 N–H and O–H groups in total. The van der Waals surface area contributed by atoms with Crippen molar-refractivity contribution in [1.29, 1.82) is 0 Å². The molecule has 17 heavy (non-hydrogen) atoms. The maximum Gasteiger partial charge on any atom is 0.0814 e. The minimum Gasteiger partial charge on any atom is -0.376 e. The highest BCUT2D eigenvalue weighted by atomic mass is 16.5. The Balaban J connectivity index is 2.09. The topological polar surface area (TPSA) is 30.5 Å². The monoisotopic (exact) mass is 243 g/mol. The molecule has 1 heterocycles. The van der Waals surface area contributed by atoms with Gasteiger partial charge in [-0.3, -0.25) is 0 Å². The second-order valence-electron chi connectivity index (χ2n) is 5.45. The number of hydrogen-bond donors (Lipinski definition) is 1. The van der Waals surface area contributed by atoms with Crippen LogP contribution in [0.2, 0.25) is 0 Å². The predicted molar refractivity (Wildman–Crippen MR) is 71.4 cm³/mol. The molecule has 0 radical (unpaired) electrons. The van der Waals surface area contributed by atoms with Crippen LogP contribution in [0, 0.1) is 0 Å². The fraction of sp³-hybridized carbons (Fsp3) is 1.00. The van der Waals surface area contributed by atoms with Crippen LogP contribution in [0.4, 0.5) is 0 Å². The van der Waals surface area contributed by atoms with E-state index in [1.54, 1.807) is 0 Å². The van der Waals surface area contributed by atoms with Crippen molar-refractivity contribution < 1.29 is 9.47 Å². The van der Waals surface area contributed by atoms with Gasteiger partial charge < -0.3 is 14.8 Å². The van der Waals surface area contributed by atoms with Gasteiger partial charge in [-0.2, -0.15) is 0 Å². The molecular weight excluding hydrogens is 214 g/mol. The van der Waals surface area contributed by atoms with E-state index < -0.39 is 0 Å². The second kappa shape index (κ2) is 8.06. The molecule has 1 rings (SSSR count). The average molecular weight is 243 g/mol. The lowest BCUT2D eigenvalue weighted by Crippen LogP contribution is -2.32. The Kier molecular flexibility index (Phi) is 7.09. The molecule has 3 heteroatoms. The van der Waals surface area contributed by atoms with Gasteiger partial charge in [-0.25, -0.2) is 0 Å². The highest BCUT2D eigenvalue weighted by Gasteiger charge is 2.25. The van der Waals surface area contributed by atoms with Crippen LogP contribution in [-0.4, -0.2) is 37.5 Å². The Morgan fingerprint density at radius 2 is 1.94 bits per heavy atom. The van der Waals surface area contributed by atoms with Crippen molar-refractivity contribution in [2.75, 3.05) is 13.2 Å². The summed E-state index contributed by atoms with van der Waals surface area (Å²) < 4.78 is 11.7. The van der Waals surface area contributed by atoms with Crippen LogP contribution in [0.15, 0.2) is 0 Å². The first kappa shape index (κ1) is 14.9. The number of rotatable bonds is 8. The van der Waals surface area contributed by atoms with Crippen LogP contribution in [-0.2, 0) is 9.47 Å². The lowest BCUT2D eigenvalue weighted by atomic mass is 10.2. The molecule has 0 saturated carbocycles. The third-order valence-corrected chi connectivity index (χ3v) is 3.21. The molecule has 0 spiro atoms. The standard InChI is InChI=1S/C14H29NO2/c1-5-6-12(4)16-10-14-8-7-13(17-14)9-15-11(2)3/h11-15H,5-10H2,1-4H3. The van der Waals surface area contributed by atoms with Crippen molar-refractivity contribution in [3.63, 3.8) is 0 Å². The van der Waals surface area contributed by atoms with Crippen LogP contribution in [0.5, 0.6) is 0 Å². The number of nitrogens with one attached hydrogen (secondary N) is 1. The van der Waals surface area contributed by atoms with E-state index in [0.717, 1.165) is 32.4 Å². The molecular formula is C14H29NO2. The fourth-order valence-electron chi connectivity index (χ4n) is 2.18. The minimum absolute atomic E-state index is 0.313. The van der Waals surface area contributed by atoms with E-state index in [1.807, 2.05) is 0 Å². The minimum atomic E-state index is 0.313. The molecule has 3 unspecified atom stereocenters. The van der Waals surface area contributed by atoms with Crippen molar-refractivity contribution in [2.24, 2.45) is 0 Å². The van der Waals surface area contributed by atoms with E-state index in [0.29, 0.717) is 24.4 Å². The molecule has 0 bridgehead atoms. The maximum absolute atomic E-state index is 5.95. The molecule has 0 aliphatic carbocycles. The van der Waals surface area contributed by atoms with Gasteiger partial charge in [-0.1, -0.05) is 27.2 Å². The smallest absolute Gasteiger partial charge is 0.0814 e. The molecule has 102 valence electrons. The predicted octanol–water partition coefficient (Wildman–Crippen LogP) is 2.74. The normalized spacial score (nSPS) is 26.6. The lowest BCUT2D eigenvalue weighted by molar-refractivity contribution is -0.0383. The molecule has 1 aliphatic heterocycles. The van der Waals surface area contributed by atoms with E-state index in [9.17, 15) is 0 Å². The van der Waals surface area contributed by atoms with Gasteiger partial charge in [0.1, 0.15) is 0 Å². The van der Waals surface area contributed by atoms with Gasteiger partial charge >= 0.3 is 0 Å². The van der Waals surface area contributed by atoms with Gasteiger partial charge in [-0.15, -0.1) is 0 Å². The molecule has 0 amide bonds. The van der Waals surface area contributed by atoms with Crippen LogP contribution in [0.1, 0.15) is 53.4 Å². The third-order valence-electron chi connectivity index (χ3n) is 3.21. The number of ether oxygens (including phenoxy) is 2. The summed E-state index contributed by atoms with van der Waals surface area (Å²) in [7, 11) is 0. The Morgan fingerprint density at radius 3 is 2.59 bits per heavy atom. The summed E-state index contributed by atoms with van der Waals surface area (Å²) in [6.45, 7) is 10.4. The van der Waals surface area contributed by atoms with Crippen molar-refractivity contribution in [1.82, 2.24) is 5.32 Å². The Morgan fingerprint density at radius 1 is 1.24 bits per heavy atom. The maximum atomic E-state index is 5.95. The van der Waals surface area contributed by atoms with Crippen molar-refractivity contribution in [2.45, 2.75) is 77.7 Å². The molecule has 3 nitrogen and oxygen atoms in total. The first-order chi connectivity index (χ1) is 8.11. The summed E-state index contributed by atoms with van der Waals surface area (Å²) in [5, 5.41) is 3.43. The van der Waals surface area contributed by atoms with Gasteiger partial charge in [0.2, 0.25) is 0 Å². The second-order valence-corrected chi connectivity index (χ2v) is 5.45. The Labute approximate surface area is 106 Å². The summed E-state index contributed by atoms with van der Waals surface area (Å²) in [5.41, 5.74) is 0. The SMILES string of the molecule is CCCC(C)OCC1CCC(CNC(C)C)O1. The summed E-state index contributed by atoms with van der Waals surface area (Å²) in [6, 6.07) is 0.540. The van der Waals surface area contributed by atoms with Crippen LogP contribution in [0.25, 0.3) is 0 Å². The molecule has 1 saturated heterocycles. The number of hydrogen-bond acceptors (Lipinski definition) is 3. The van der Waals surface area contributed by atoms with Gasteiger partial charge in [0.15, 0.2) is 0 Å². The van der Waals surface area contributed by atoms with E-state index in [4.69, 9.17) is 9.47 Å². The van der Waals surface area contributed by atoms with E-state index in [-0.39, 0.29) is 0 Å². The van der Waals surface area contributed by atoms with Crippen molar-refractivity contribution >= 4 is 0 Å². The Hall–Kier alpha value is -0.120. The molecule has 0 aromatic heterocycles. The van der Waals surface area contributed by atoms with Gasteiger partial charge in [-0.05, 0) is 26.2 Å². The molecule has 1 aliphatic rings. The van der Waals surface area contributed by atoms with Crippen molar-refractivity contribution in [3.8, 4) is 0 Å². The summed E-state index contributed by atoms with van der Waals surface area (Å²) in [4.78, 5) is 0. The highest BCUT2D eigenvalue weighted by Crippen LogP contribution is 2.20. The largest absolute Gasteiger partial charge is 0.376 e. The molecule has 3 atom stereocenters. The molecule has 1 fully saturated rings. The summed E-state index contributed by atoms with van der Waals surface area (Å²) in [6.07, 6.45) is 5.70. The van der Waals surface area contributed by atoms with Gasteiger partial charge in [0, 0.05) is 12.6 Å². The van der Waals surface area contributed by atoms with Gasteiger partial charge in [0.05, 0.1) is 24.9 Å². The third kappa shape index (κ3) is 6.39. The van der Waals surface area contributed by atoms with E-state index in [1.165, 1.54) is 6.42 Å². The quantitative estimate of drug-likeness (QED) is 0.711. The Bertz CT molecular complexity index is 197. The summed E-state index contributed by atoms with van der Waals surface area (Å²) in [5.74, 6) is 0. The first-order valence-electron chi connectivity index (χ1n) is 7.12. The fourth-order valence-corrected chi connectivity index (χ4v) is 2.18. The lowest BCUT2D eigenvalue weighted by Gasteiger charge is -2.18. The zero-order chi connectivity index (χ0) is 12.7. The first-order valence-corrected chi connectivity index (χ1v) is 7.12. The van der Waals surface area contributed by atoms with E-state index >= 15 is 0 Å². The van der Waals surface area contributed by atoms with Crippen LogP contribution in [0.3, 0.4) is 0 Å². The van der Waals surface area contributed by atoms with Crippen LogP contribution >= 0.6 is 0 Å². The van der Waals surface area contributed by atoms with E-state index in [2.05, 4.69) is 33.0 Å². The zero-order valence-electron chi connectivity index (χ0n) is 11.9. The highest BCUT2D eigenvalue weighted by molar-refractivity contribution is 4.76. The van der Waals surface area contributed by atoms with Crippen molar-refractivity contribution in [3.05, 3.63) is 0 Å². The average Bonchev–Trinajstić information content (AvgIpc) is 2.72. The zero-order valence-corrected chi connectivity index (χ0v) is 11.9.